The number of ether oxygens (including phenoxy) is 1. The molecule has 1 fully saturated rings. The number of Topliss-reactive ketones (excluding diaryl/α,β-unsaturated/α-hetero) is 1. The number of ketones is 1. The minimum Gasteiger partial charge on any atom is -0.375 e. The first-order valence-corrected chi connectivity index (χ1v) is 8.79. The van der Waals surface area contributed by atoms with Crippen molar-refractivity contribution in [1.82, 2.24) is 9.88 Å². The number of hydrogen-bond acceptors (Lipinski definition) is 5. The third kappa shape index (κ3) is 5.37. The van der Waals surface area contributed by atoms with Crippen LogP contribution in [0.2, 0.25) is 0 Å². The largest absolute Gasteiger partial charge is 0.375 e. The molecule has 1 saturated heterocycles. The lowest BCUT2D eigenvalue weighted by atomic mass is 10.2. The summed E-state index contributed by atoms with van der Waals surface area (Å²) >= 11 is 0. The maximum atomic E-state index is 11.3. The Morgan fingerprint density at radius 3 is 2.84 bits per heavy atom. The highest BCUT2D eigenvalue weighted by Gasteiger charge is 2.18. The molecule has 132 valence electrons. The molecular formula is C20H25N3O2. The number of aromatic nitrogens is 1. The number of hydrogen-bond donors (Lipinski definition) is 1. The molecule has 1 aromatic carbocycles. The molecule has 1 aliphatic heterocycles. The van der Waals surface area contributed by atoms with Gasteiger partial charge in [0.2, 0.25) is 0 Å². The van der Waals surface area contributed by atoms with Gasteiger partial charge >= 0.3 is 0 Å². The van der Waals surface area contributed by atoms with Gasteiger partial charge in [0.1, 0.15) is 5.82 Å². The lowest BCUT2D eigenvalue weighted by molar-refractivity contribution is 0.0624. The van der Waals surface area contributed by atoms with Gasteiger partial charge in [0.15, 0.2) is 5.78 Å². The predicted molar refractivity (Wildman–Crippen MR) is 98.8 cm³/mol. The van der Waals surface area contributed by atoms with Crippen LogP contribution in [0.15, 0.2) is 48.7 Å². The lowest BCUT2D eigenvalue weighted by Crippen LogP contribution is -2.35. The molecule has 0 radical (unpaired) electrons. The van der Waals surface area contributed by atoms with E-state index >= 15 is 0 Å². The van der Waals surface area contributed by atoms with Gasteiger partial charge in [-0.15, -0.1) is 0 Å². The first-order valence-electron chi connectivity index (χ1n) is 8.79. The van der Waals surface area contributed by atoms with Gasteiger partial charge in [-0.25, -0.2) is 4.98 Å². The molecule has 3 rings (SSSR count). The summed E-state index contributed by atoms with van der Waals surface area (Å²) in [4.78, 5) is 18.0. The van der Waals surface area contributed by atoms with Gasteiger partial charge in [-0.3, -0.25) is 9.69 Å². The van der Waals surface area contributed by atoms with Crippen LogP contribution in [0.1, 0.15) is 29.3 Å². The van der Waals surface area contributed by atoms with E-state index < -0.39 is 0 Å². The first kappa shape index (κ1) is 17.6. The Kier molecular flexibility index (Phi) is 6.14. The van der Waals surface area contributed by atoms with E-state index in [2.05, 4.69) is 39.5 Å². The number of anilines is 1. The molecule has 0 amide bonds. The third-order valence-corrected chi connectivity index (χ3v) is 4.36. The van der Waals surface area contributed by atoms with Crippen LogP contribution in [-0.2, 0) is 11.3 Å². The highest BCUT2D eigenvalue weighted by atomic mass is 16.5. The number of carbonyl (C=O) groups is 1. The maximum Gasteiger partial charge on any atom is 0.161 e. The zero-order valence-electron chi connectivity index (χ0n) is 14.6. The Morgan fingerprint density at radius 2 is 2.12 bits per heavy atom. The maximum absolute atomic E-state index is 11.3. The summed E-state index contributed by atoms with van der Waals surface area (Å²) in [7, 11) is 0. The van der Waals surface area contributed by atoms with Crippen molar-refractivity contribution >= 4 is 11.6 Å². The van der Waals surface area contributed by atoms with Crippen LogP contribution < -0.4 is 5.32 Å². The summed E-state index contributed by atoms with van der Waals surface area (Å²) in [6.07, 6.45) is 2.79. The summed E-state index contributed by atoms with van der Waals surface area (Å²) in [5, 5.41) is 3.32. The predicted octanol–water partition coefficient (Wildman–Crippen LogP) is 2.99. The number of benzene rings is 1. The van der Waals surface area contributed by atoms with E-state index in [1.807, 2.05) is 12.1 Å². The van der Waals surface area contributed by atoms with E-state index in [0.717, 1.165) is 38.5 Å². The quantitative estimate of drug-likeness (QED) is 0.820. The second kappa shape index (κ2) is 8.74. The number of nitrogens with one attached hydrogen (secondary N) is 1. The molecule has 1 aromatic heterocycles. The highest BCUT2D eigenvalue weighted by Crippen LogP contribution is 2.12. The van der Waals surface area contributed by atoms with Crippen molar-refractivity contribution < 1.29 is 9.53 Å². The molecule has 1 aliphatic rings. The fourth-order valence-corrected chi connectivity index (χ4v) is 3.00. The van der Waals surface area contributed by atoms with Crippen molar-refractivity contribution in [1.29, 1.82) is 0 Å². The van der Waals surface area contributed by atoms with Crippen molar-refractivity contribution in [2.75, 3.05) is 31.6 Å². The fraction of sp³-hybridized carbons (Fsp3) is 0.400. The molecule has 0 saturated carbocycles. The molecule has 5 nitrogen and oxygen atoms in total. The van der Waals surface area contributed by atoms with E-state index in [-0.39, 0.29) is 11.9 Å². The van der Waals surface area contributed by atoms with Gasteiger partial charge < -0.3 is 10.1 Å². The molecule has 25 heavy (non-hydrogen) atoms. The summed E-state index contributed by atoms with van der Waals surface area (Å²) < 4.78 is 5.97. The smallest absolute Gasteiger partial charge is 0.161 e. The molecule has 0 spiro atoms. The van der Waals surface area contributed by atoms with Gasteiger partial charge in [-0.2, -0.15) is 0 Å². The van der Waals surface area contributed by atoms with Crippen molar-refractivity contribution in [3.8, 4) is 0 Å². The molecule has 2 heterocycles. The van der Waals surface area contributed by atoms with E-state index in [9.17, 15) is 4.79 Å². The van der Waals surface area contributed by atoms with Crippen molar-refractivity contribution in [3.05, 3.63) is 59.8 Å². The standard InChI is InChI=1S/C20H25N3O2/c1-16(24)18-8-9-20(21-12-18)22-13-19-15-23(10-5-11-25-19)14-17-6-3-2-4-7-17/h2-4,6-9,12,19H,5,10-11,13-15H2,1H3,(H,21,22). The van der Waals surface area contributed by atoms with Gasteiger partial charge in [0.25, 0.3) is 0 Å². The van der Waals surface area contributed by atoms with Gasteiger partial charge in [-0.1, -0.05) is 30.3 Å². The number of rotatable bonds is 6. The molecule has 1 atom stereocenters. The Hall–Kier alpha value is -2.24. The highest BCUT2D eigenvalue weighted by molar-refractivity contribution is 5.93. The van der Waals surface area contributed by atoms with Gasteiger partial charge in [-0.05, 0) is 31.0 Å². The topological polar surface area (TPSA) is 54.5 Å². The van der Waals surface area contributed by atoms with Gasteiger partial charge in [0.05, 0.1) is 6.10 Å². The zero-order valence-corrected chi connectivity index (χ0v) is 14.6. The second-order valence-corrected chi connectivity index (χ2v) is 6.44. The van der Waals surface area contributed by atoms with Crippen LogP contribution in [0, 0.1) is 0 Å². The molecule has 0 bridgehead atoms. The molecule has 2 aromatic rings. The van der Waals surface area contributed by atoms with Crippen LogP contribution >= 0.6 is 0 Å². The average Bonchev–Trinajstić information content (AvgIpc) is 2.86. The van der Waals surface area contributed by atoms with Gasteiger partial charge in [0, 0.05) is 44.5 Å². The lowest BCUT2D eigenvalue weighted by Gasteiger charge is -2.24. The Labute approximate surface area is 149 Å². The van der Waals surface area contributed by atoms with Crippen LogP contribution in [0.4, 0.5) is 5.82 Å². The minimum absolute atomic E-state index is 0.0303. The Bertz CT molecular complexity index is 673. The van der Waals surface area contributed by atoms with Crippen molar-refractivity contribution in [2.45, 2.75) is 26.0 Å². The van der Waals surface area contributed by atoms with Crippen LogP contribution in [0.3, 0.4) is 0 Å². The summed E-state index contributed by atoms with van der Waals surface area (Å²) in [5.41, 5.74) is 1.96. The number of carbonyl (C=O) groups excluding carboxylic acids is 1. The normalized spacial score (nSPS) is 18.5. The van der Waals surface area contributed by atoms with E-state index in [1.165, 1.54) is 5.56 Å². The van der Waals surface area contributed by atoms with E-state index in [4.69, 9.17) is 4.74 Å². The monoisotopic (exact) mass is 339 g/mol. The van der Waals surface area contributed by atoms with Crippen molar-refractivity contribution in [2.24, 2.45) is 0 Å². The molecule has 5 heteroatoms. The van der Waals surface area contributed by atoms with Crippen molar-refractivity contribution in [3.63, 3.8) is 0 Å². The average molecular weight is 339 g/mol. The SMILES string of the molecule is CC(=O)c1ccc(NCC2CN(Cc3ccccc3)CCCO2)nc1. The minimum atomic E-state index is 0.0303. The zero-order chi connectivity index (χ0) is 17.5. The van der Waals surface area contributed by atoms with E-state index in [0.29, 0.717) is 12.1 Å². The fourth-order valence-electron chi connectivity index (χ4n) is 3.00. The summed E-state index contributed by atoms with van der Waals surface area (Å²) in [5.74, 6) is 0.801. The Morgan fingerprint density at radius 1 is 1.28 bits per heavy atom. The number of nitrogens with zero attached hydrogens (tertiary/aromatic N) is 2. The van der Waals surface area contributed by atoms with Crippen LogP contribution in [-0.4, -0.2) is 48.0 Å². The molecule has 1 N–H and O–H groups in total. The third-order valence-electron chi connectivity index (χ3n) is 4.36. The summed E-state index contributed by atoms with van der Waals surface area (Å²) in [6.45, 7) is 5.94. The number of pyridine rings is 1. The molecule has 1 unspecified atom stereocenters. The first-order chi connectivity index (χ1) is 12.2. The van der Waals surface area contributed by atoms with Crippen LogP contribution in [0.5, 0.6) is 0 Å². The second-order valence-electron chi connectivity index (χ2n) is 6.44. The van der Waals surface area contributed by atoms with E-state index in [1.54, 1.807) is 19.2 Å². The van der Waals surface area contributed by atoms with Crippen LogP contribution in [0.25, 0.3) is 0 Å². The molecule has 0 aliphatic carbocycles. The molecular weight excluding hydrogens is 314 g/mol. The summed E-state index contributed by atoms with van der Waals surface area (Å²) in [6, 6.07) is 14.2. The Balaban J connectivity index is 1.53.